The van der Waals surface area contributed by atoms with Gasteiger partial charge in [0, 0.05) is 12.6 Å². The molecule has 0 aliphatic heterocycles. The Hall–Kier alpha value is -2.38. The minimum atomic E-state index is -3.57. The molecule has 0 heterocycles. The summed E-state index contributed by atoms with van der Waals surface area (Å²) in [4.78, 5) is 11.9. The third-order valence-electron chi connectivity index (χ3n) is 3.60. The summed E-state index contributed by atoms with van der Waals surface area (Å²) in [5.74, 6) is -0.0660. The first-order valence-corrected chi connectivity index (χ1v) is 10.1. The molecule has 0 saturated carbocycles. The average molecular weight is 377 g/mol. The standard InChI is InChI=1S/C19H23NO5S/c1-3-24-19(21)13-18(20-14-15-7-5-4-6-8-15)16-9-11-17(12-10-16)25-26(2,22)23/h4-12,18,20H,3,13-14H2,1-2H3. The van der Waals surface area contributed by atoms with Gasteiger partial charge in [0.2, 0.25) is 0 Å². The first kappa shape index (κ1) is 19.9. The van der Waals surface area contributed by atoms with Crippen molar-refractivity contribution in [1.82, 2.24) is 5.32 Å². The smallest absolute Gasteiger partial charge is 0.307 e. The molecule has 2 aromatic rings. The van der Waals surface area contributed by atoms with Gasteiger partial charge < -0.3 is 14.2 Å². The number of carbonyl (C=O) groups excluding carboxylic acids is 1. The lowest BCUT2D eigenvalue weighted by Crippen LogP contribution is -2.24. The molecular formula is C19H23NO5S. The number of esters is 1. The van der Waals surface area contributed by atoms with Crippen LogP contribution in [0.4, 0.5) is 0 Å². The first-order valence-electron chi connectivity index (χ1n) is 8.29. The fourth-order valence-corrected chi connectivity index (χ4v) is 2.92. The highest BCUT2D eigenvalue weighted by Crippen LogP contribution is 2.22. The van der Waals surface area contributed by atoms with Gasteiger partial charge in [-0.05, 0) is 30.2 Å². The SMILES string of the molecule is CCOC(=O)CC(NCc1ccccc1)c1ccc(OS(C)(=O)=O)cc1. The molecule has 0 spiro atoms. The predicted molar refractivity (Wildman–Crippen MR) is 99.2 cm³/mol. The van der Waals surface area contributed by atoms with Crippen LogP contribution in [-0.4, -0.2) is 27.2 Å². The van der Waals surface area contributed by atoms with Crippen LogP contribution in [0.3, 0.4) is 0 Å². The van der Waals surface area contributed by atoms with Crippen molar-refractivity contribution in [3.63, 3.8) is 0 Å². The lowest BCUT2D eigenvalue weighted by atomic mass is 10.0. The maximum atomic E-state index is 11.9. The second kappa shape index (κ2) is 9.35. The molecular weight excluding hydrogens is 354 g/mol. The largest absolute Gasteiger partial charge is 0.466 e. The van der Waals surface area contributed by atoms with E-state index in [1.165, 1.54) is 0 Å². The predicted octanol–water partition coefficient (Wildman–Crippen LogP) is 2.81. The summed E-state index contributed by atoms with van der Waals surface area (Å²) < 4.78 is 32.3. The minimum absolute atomic E-state index is 0.174. The van der Waals surface area contributed by atoms with E-state index in [9.17, 15) is 13.2 Å². The molecule has 0 amide bonds. The molecule has 0 aliphatic carbocycles. The number of nitrogens with one attached hydrogen (secondary N) is 1. The normalized spacial score (nSPS) is 12.4. The van der Waals surface area contributed by atoms with E-state index in [-0.39, 0.29) is 24.2 Å². The van der Waals surface area contributed by atoms with E-state index in [4.69, 9.17) is 8.92 Å². The van der Waals surface area contributed by atoms with Gasteiger partial charge in [-0.3, -0.25) is 4.79 Å². The van der Waals surface area contributed by atoms with Gasteiger partial charge in [-0.25, -0.2) is 0 Å². The van der Waals surface area contributed by atoms with Gasteiger partial charge >= 0.3 is 16.1 Å². The van der Waals surface area contributed by atoms with E-state index in [0.717, 1.165) is 17.4 Å². The fourth-order valence-electron chi connectivity index (χ4n) is 2.46. The van der Waals surface area contributed by atoms with Crippen LogP contribution >= 0.6 is 0 Å². The van der Waals surface area contributed by atoms with Gasteiger partial charge in [-0.15, -0.1) is 0 Å². The zero-order valence-corrected chi connectivity index (χ0v) is 15.7. The first-order chi connectivity index (χ1) is 12.4. The van der Waals surface area contributed by atoms with Gasteiger partial charge in [-0.2, -0.15) is 8.42 Å². The van der Waals surface area contributed by atoms with Crippen molar-refractivity contribution in [3.05, 3.63) is 65.7 Å². The van der Waals surface area contributed by atoms with Gasteiger partial charge in [-0.1, -0.05) is 42.5 Å². The Balaban J connectivity index is 2.12. The summed E-state index contributed by atoms with van der Waals surface area (Å²) in [6.45, 7) is 2.68. The van der Waals surface area contributed by atoms with Crippen LogP contribution in [-0.2, 0) is 26.2 Å². The van der Waals surface area contributed by atoms with Crippen LogP contribution in [0.2, 0.25) is 0 Å². The van der Waals surface area contributed by atoms with Crippen LogP contribution in [0.5, 0.6) is 5.75 Å². The zero-order valence-electron chi connectivity index (χ0n) is 14.8. The fraction of sp³-hybridized carbons (Fsp3) is 0.316. The third kappa shape index (κ3) is 6.85. The summed E-state index contributed by atoms with van der Waals surface area (Å²) in [5.41, 5.74) is 1.94. The monoisotopic (exact) mass is 377 g/mol. The van der Waals surface area contributed by atoms with Crippen molar-refractivity contribution >= 4 is 16.1 Å². The Morgan fingerprint density at radius 2 is 1.73 bits per heavy atom. The quantitative estimate of drug-likeness (QED) is 0.535. The highest BCUT2D eigenvalue weighted by atomic mass is 32.2. The summed E-state index contributed by atoms with van der Waals surface area (Å²) in [7, 11) is -3.57. The van der Waals surface area contributed by atoms with E-state index in [0.29, 0.717) is 13.2 Å². The zero-order chi connectivity index (χ0) is 19.0. The second-order valence-corrected chi connectivity index (χ2v) is 7.36. The average Bonchev–Trinajstić information content (AvgIpc) is 2.59. The molecule has 7 heteroatoms. The number of benzene rings is 2. The molecule has 140 valence electrons. The Bertz CT molecular complexity index is 804. The van der Waals surface area contributed by atoms with Crippen molar-refractivity contribution < 1.29 is 22.1 Å². The summed E-state index contributed by atoms with van der Waals surface area (Å²) in [6.07, 6.45) is 1.17. The Morgan fingerprint density at radius 1 is 1.08 bits per heavy atom. The van der Waals surface area contributed by atoms with E-state index in [2.05, 4.69) is 5.32 Å². The van der Waals surface area contributed by atoms with Crippen molar-refractivity contribution in [2.75, 3.05) is 12.9 Å². The van der Waals surface area contributed by atoms with E-state index in [1.807, 2.05) is 30.3 Å². The summed E-state index contributed by atoms with van der Waals surface area (Å²) in [6, 6.07) is 16.2. The lowest BCUT2D eigenvalue weighted by molar-refractivity contribution is -0.143. The molecule has 0 radical (unpaired) electrons. The second-order valence-electron chi connectivity index (χ2n) is 5.78. The molecule has 2 aromatic carbocycles. The van der Waals surface area contributed by atoms with Crippen molar-refractivity contribution in [3.8, 4) is 5.75 Å². The van der Waals surface area contributed by atoms with Crippen LogP contribution < -0.4 is 9.50 Å². The molecule has 6 nitrogen and oxygen atoms in total. The molecule has 0 aromatic heterocycles. The summed E-state index contributed by atoms with van der Waals surface area (Å²) >= 11 is 0. The third-order valence-corrected chi connectivity index (χ3v) is 4.10. The molecule has 26 heavy (non-hydrogen) atoms. The van der Waals surface area contributed by atoms with Crippen molar-refractivity contribution in [1.29, 1.82) is 0 Å². The Labute approximate surface area is 154 Å². The van der Waals surface area contributed by atoms with E-state index < -0.39 is 10.1 Å². The van der Waals surface area contributed by atoms with Gasteiger partial charge in [0.05, 0.1) is 19.3 Å². The molecule has 0 fully saturated rings. The van der Waals surface area contributed by atoms with Crippen molar-refractivity contribution in [2.45, 2.75) is 25.9 Å². The molecule has 0 aliphatic rings. The topological polar surface area (TPSA) is 81.7 Å². The van der Waals surface area contributed by atoms with Crippen LogP contribution in [0.25, 0.3) is 0 Å². The highest BCUT2D eigenvalue weighted by molar-refractivity contribution is 7.86. The molecule has 1 N–H and O–H groups in total. The number of ether oxygens (including phenoxy) is 1. The number of hydrogen-bond acceptors (Lipinski definition) is 6. The number of hydrogen-bond donors (Lipinski definition) is 1. The lowest BCUT2D eigenvalue weighted by Gasteiger charge is -2.19. The van der Waals surface area contributed by atoms with E-state index >= 15 is 0 Å². The van der Waals surface area contributed by atoms with Crippen LogP contribution in [0.1, 0.15) is 30.5 Å². The van der Waals surface area contributed by atoms with Crippen LogP contribution in [0, 0.1) is 0 Å². The maximum Gasteiger partial charge on any atom is 0.307 e. The maximum absolute atomic E-state index is 11.9. The van der Waals surface area contributed by atoms with Gasteiger partial charge in [0.25, 0.3) is 0 Å². The van der Waals surface area contributed by atoms with Crippen molar-refractivity contribution in [2.24, 2.45) is 0 Å². The van der Waals surface area contributed by atoms with Gasteiger partial charge in [0.15, 0.2) is 0 Å². The number of carbonyl (C=O) groups is 1. The molecule has 1 atom stereocenters. The molecule has 0 saturated heterocycles. The highest BCUT2D eigenvalue weighted by Gasteiger charge is 2.17. The van der Waals surface area contributed by atoms with E-state index in [1.54, 1.807) is 31.2 Å². The molecule has 2 rings (SSSR count). The Morgan fingerprint density at radius 3 is 2.31 bits per heavy atom. The number of rotatable bonds is 9. The minimum Gasteiger partial charge on any atom is -0.466 e. The summed E-state index contributed by atoms with van der Waals surface area (Å²) in [5, 5.41) is 3.35. The molecule has 1 unspecified atom stereocenters. The molecule has 0 bridgehead atoms. The van der Waals surface area contributed by atoms with Crippen LogP contribution in [0.15, 0.2) is 54.6 Å². The van der Waals surface area contributed by atoms with Gasteiger partial charge in [0.1, 0.15) is 5.75 Å². The Kier molecular flexibility index (Phi) is 7.17.